The number of aromatic nitrogens is 3. The van der Waals surface area contributed by atoms with Gasteiger partial charge in [-0.1, -0.05) is 200 Å². The second-order valence-corrected chi connectivity index (χ2v) is 16.8. The minimum absolute atomic E-state index is 0.620. The molecule has 5 heteroatoms. The molecule has 1 aromatic heterocycles. The summed E-state index contributed by atoms with van der Waals surface area (Å²) in [5.41, 5.74) is 14.8. The van der Waals surface area contributed by atoms with E-state index in [0.29, 0.717) is 23.0 Å². The van der Waals surface area contributed by atoms with Gasteiger partial charge in [-0.3, -0.25) is 0 Å². The second-order valence-electron chi connectivity index (χ2n) is 15.7. The molecule has 2 heterocycles. The molecule has 288 valence electrons. The van der Waals surface area contributed by atoms with E-state index in [2.05, 4.69) is 152 Å². The average molecular weight is 807 g/mol. The second kappa shape index (κ2) is 14.4. The fraction of sp³-hybridized carbons (Fsp3) is 0.0175. The maximum atomic E-state index is 9.48. The first kappa shape index (κ1) is 36.0. The minimum Gasteiger partial charge on any atom is -0.208 e. The van der Waals surface area contributed by atoms with Crippen LogP contribution in [0.5, 0.6) is 0 Å². The zero-order valence-corrected chi connectivity index (χ0v) is 34.1. The summed E-state index contributed by atoms with van der Waals surface area (Å²) in [4.78, 5) is 18.0. The van der Waals surface area contributed by atoms with E-state index in [1.165, 1.54) is 59.5 Å². The molecule has 2 aliphatic rings. The lowest BCUT2D eigenvalue weighted by atomic mass is 9.67. The smallest absolute Gasteiger partial charge is 0.164 e. The van der Waals surface area contributed by atoms with E-state index in [1.807, 2.05) is 72.4 Å². The number of nitriles is 1. The Hall–Kier alpha value is -7.91. The van der Waals surface area contributed by atoms with Crippen LogP contribution in [0.3, 0.4) is 0 Å². The van der Waals surface area contributed by atoms with Crippen LogP contribution in [-0.4, -0.2) is 15.0 Å². The van der Waals surface area contributed by atoms with Crippen LogP contribution in [0.4, 0.5) is 0 Å². The molecular weight excluding hydrogens is 773 g/mol. The maximum absolute atomic E-state index is 9.48. The highest BCUT2D eigenvalue weighted by Crippen LogP contribution is 2.64. The van der Waals surface area contributed by atoms with Crippen molar-refractivity contribution in [3.8, 4) is 73.6 Å². The summed E-state index contributed by atoms with van der Waals surface area (Å²) < 4.78 is 0. The molecule has 10 aromatic rings. The molecule has 0 fully saturated rings. The van der Waals surface area contributed by atoms with Gasteiger partial charge in [-0.05, 0) is 84.6 Å². The molecular formula is C57H34N4S. The van der Waals surface area contributed by atoms with Gasteiger partial charge >= 0.3 is 0 Å². The van der Waals surface area contributed by atoms with Crippen LogP contribution in [0.2, 0.25) is 0 Å². The van der Waals surface area contributed by atoms with Gasteiger partial charge in [0.05, 0.1) is 17.0 Å². The topological polar surface area (TPSA) is 62.5 Å². The van der Waals surface area contributed by atoms with Gasteiger partial charge in [-0.25, -0.2) is 15.0 Å². The molecule has 0 N–H and O–H groups in total. The Morgan fingerprint density at radius 1 is 0.371 bits per heavy atom. The van der Waals surface area contributed by atoms with E-state index in [-0.39, 0.29) is 0 Å². The Morgan fingerprint density at radius 2 is 0.903 bits per heavy atom. The predicted octanol–water partition coefficient (Wildman–Crippen LogP) is 14.1. The van der Waals surface area contributed by atoms with Crippen LogP contribution in [0.1, 0.15) is 27.8 Å². The quantitative estimate of drug-likeness (QED) is 0.173. The van der Waals surface area contributed by atoms with Crippen LogP contribution >= 0.6 is 11.8 Å². The first-order chi connectivity index (χ1) is 30.7. The number of benzene rings is 9. The number of hydrogen-bond acceptors (Lipinski definition) is 5. The Balaban J connectivity index is 1.11. The molecule has 9 aromatic carbocycles. The third-order valence-corrected chi connectivity index (χ3v) is 13.7. The molecule has 0 radical (unpaired) electrons. The molecule has 12 rings (SSSR count). The zero-order chi connectivity index (χ0) is 41.2. The third kappa shape index (κ3) is 5.44. The van der Waals surface area contributed by atoms with Crippen molar-refractivity contribution in [2.45, 2.75) is 15.2 Å². The van der Waals surface area contributed by atoms with Gasteiger partial charge in [0, 0.05) is 26.5 Å². The van der Waals surface area contributed by atoms with Crippen LogP contribution in [-0.2, 0) is 5.41 Å². The number of fused-ring (bicyclic) bond motifs is 10. The van der Waals surface area contributed by atoms with E-state index in [1.54, 1.807) is 0 Å². The SMILES string of the molecule is N#Cc1ccc(-c2ccc(-c3cccc4c3Sc3ccccc3C43c4ccccc4-c4c(-c5nc(-c6ccccc6)nc(-c6ccccc6)n5)cccc43)c3ccccc23)cc1. The Labute approximate surface area is 363 Å². The average Bonchev–Trinajstić information content (AvgIpc) is 3.65. The van der Waals surface area contributed by atoms with E-state index < -0.39 is 5.41 Å². The summed E-state index contributed by atoms with van der Waals surface area (Å²) in [7, 11) is 0. The monoisotopic (exact) mass is 806 g/mol. The fourth-order valence-corrected chi connectivity index (χ4v) is 11.1. The highest BCUT2D eigenvalue weighted by molar-refractivity contribution is 7.99. The highest BCUT2D eigenvalue weighted by Gasteiger charge is 2.51. The van der Waals surface area contributed by atoms with Gasteiger partial charge in [-0.2, -0.15) is 5.26 Å². The zero-order valence-electron chi connectivity index (χ0n) is 33.3. The molecule has 0 saturated heterocycles. The molecule has 1 aliphatic heterocycles. The van der Waals surface area contributed by atoms with Crippen molar-refractivity contribution in [3.63, 3.8) is 0 Å². The minimum atomic E-state index is -0.620. The summed E-state index contributed by atoms with van der Waals surface area (Å²) in [6.45, 7) is 0. The molecule has 0 bridgehead atoms. The number of rotatable bonds is 5. The first-order valence-corrected chi connectivity index (χ1v) is 21.6. The molecule has 0 saturated carbocycles. The van der Waals surface area contributed by atoms with E-state index in [0.717, 1.165) is 33.4 Å². The van der Waals surface area contributed by atoms with Crippen molar-refractivity contribution >= 4 is 22.5 Å². The van der Waals surface area contributed by atoms with E-state index in [4.69, 9.17) is 15.0 Å². The molecule has 1 aliphatic carbocycles. The van der Waals surface area contributed by atoms with E-state index >= 15 is 0 Å². The van der Waals surface area contributed by atoms with Gasteiger partial charge in [0.25, 0.3) is 0 Å². The summed E-state index contributed by atoms with van der Waals surface area (Å²) >= 11 is 1.86. The normalized spacial score (nSPS) is 14.4. The van der Waals surface area contributed by atoms with Crippen molar-refractivity contribution < 1.29 is 0 Å². The molecule has 0 amide bonds. The third-order valence-electron chi connectivity index (χ3n) is 12.5. The van der Waals surface area contributed by atoms with Crippen LogP contribution in [0.25, 0.3) is 78.3 Å². The largest absolute Gasteiger partial charge is 0.208 e. The van der Waals surface area contributed by atoms with Gasteiger partial charge in [0.15, 0.2) is 17.5 Å². The highest BCUT2D eigenvalue weighted by atomic mass is 32.2. The molecule has 1 unspecified atom stereocenters. The van der Waals surface area contributed by atoms with Crippen molar-refractivity contribution in [1.29, 1.82) is 5.26 Å². The lowest BCUT2D eigenvalue weighted by molar-refractivity contribution is 0.723. The van der Waals surface area contributed by atoms with Crippen LogP contribution in [0.15, 0.2) is 216 Å². The molecule has 62 heavy (non-hydrogen) atoms. The predicted molar refractivity (Wildman–Crippen MR) is 251 cm³/mol. The van der Waals surface area contributed by atoms with Gasteiger partial charge in [-0.15, -0.1) is 0 Å². The van der Waals surface area contributed by atoms with Crippen molar-refractivity contribution in [2.75, 3.05) is 0 Å². The number of nitrogens with zero attached hydrogens (tertiary/aromatic N) is 4. The van der Waals surface area contributed by atoms with Crippen molar-refractivity contribution in [2.24, 2.45) is 0 Å². The standard InChI is InChI=1S/C57H34N4S/c58-35-36-29-31-37(32-30-36)40-33-34-43(42-20-8-7-19-41(40)42)44-22-13-27-50-53(44)62-51-28-12-11-25-48(51)57(50)47-24-10-9-21-45(47)52-46(23-14-26-49(52)57)56-60-54(38-15-3-1-4-16-38)59-55(61-56)39-17-5-2-6-18-39/h1-34H. The van der Waals surface area contributed by atoms with Crippen molar-refractivity contribution in [1.82, 2.24) is 15.0 Å². The summed E-state index contributed by atoms with van der Waals surface area (Å²) in [5.74, 6) is 1.92. The fourth-order valence-electron chi connectivity index (χ4n) is 9.81. The number of hydrogen-bond donors (Lipinski definition) is 0. The molecule has 4 nitrogen and oxygen atoms in total. The molecule has 1 atom stereocenters. The van der Waals surface area contributed by atoms with Crippen molar-refractivity contribution in [3.05, 3.63) is 234 Å². The van der Waals surface area contributed by atoms with E-state index in [9.17, 15) is 5.26 Å². The Bertz CT molecular complexity index is 3390. The first-order valence-electron chi connectivity index (χ1n) is 20.7. The Kier molecular flexibility index (Phi) is 8.35. The molecule has 1 spiro atoms. The van der Waals surface area contributed by atoms with Crippen LogP contribution < -0.4 is 0 Å². The van der Waals surface area contributed by atoms with Crippen LogP contribution in [0, 0.1) is 11.3 Å². The summed E-state index contributed by atoms with van der Waals surface area (Å²) in [5, 5.41) is 11.8. The van der Waals surface area contributed by atoms with Gasteiger partial charge in [0.1, 0.15) is 0 Å². The summed E-state index contributed by atoms with van der Waals surface area (Å²) in [6, 6.07) is 75.1. The Morgan fingerprint density at radius 3 is 1.61 bits per heavy atom. The maximum Gasteiger partial charge on any atom is 0.164 e. The summed E-state index contributed by atoms with van der Waals surface area (Å²) in [6.07, 6.45) is 0. The van der Waals surface area contributed by atoms with Gasteiger partial charge in [0.2, 0.25) is 0 Å². The lowest BCUT2D eigenvalue weighted by Gasteiger charge is -2.40. The van der Waals surface area contributed by atoms with Gasteiger partial charge < -0.3 is 0 Å². The lowest BCUT2D eigenvalue weighted by Crippen LogP contribution is -2.32.